The van der Waals surface area contributed by atoms with Crippen molar-refractivity contribution in [3.63, 3.8) is 0 Å². The van der Waals surface area contributed by atoms with Gasteiger partial charge in [0.25, 0.3) is 5.91 Å². The van der Waals surface area contributed by atoms with E-state index in [1.54, 1.807) is 31.2 Å². The molecule has 2 aromatic carbocycles. The number of hydrogen-bond donors (Lipinski definition) is 1. The lowest BCUT2D eigenvalue weighted by molar-refractivity contribution is -0.137. The molecular formula is C26H17ClF3NO4. The average molecular weight is 500 g/mol. The normalized spacial score (nSPS) is 11.7. The molecule has 0 fully saturated rings. The quantitative estimate of drug-likeness (QED) is 0.218. The highest BCUT2D eigenvalue weighted by molar-refractivity contribution is 6.33. The van der Waals surface area contributed by atoms with Crippen molar-refractivity contribution in [1.82, 2.24) is 0 Å². The third-order valence-corrected chi connectivity index (χ3v) is 5.42. The number of ketones is 1. The molecule has 0 saturated carbocycles. The summed E-state index contributed by atoms with van der Waals surface area (Å²) in [4.78, 5) is 25.0. The number of anilines is 1. The number of carbonyl (C=O) groups is 2. The van der Waals surface area contributed by atoms with Crippen LogP contribution < -0.4 is 5.32 Å². The second kappa shape index (κ2) is 9.68. The number of benzene rings is 2. The third-order valence-electron chi connectivity index (χ3n) is 5.09. The Morgan fingerprint density at radius 1 is 1.03 bits per heavy atom. The van der Waals surface area contributed by atoms with Crippen molar-refractivity contribution in [2.24, 2.45) is 0 Å². The van der Waals surface area contributed by atoms with E-state index in [-0.39, 0.29) is 33.8 Å². The van der Waals surface area contributed by atoms with Gasteiger partial charge in [-0.05, 0) is 67.6 Å². The number of rotatable bonds is 6. The first kappa shape index (κ1) is 24.1. The average Bonchev–Trinajstić information content (AvgIpc) is 3.46. The highest BCUT2D eigenvalue weighted by atomic mass is 35.5. The maximum Gasteiger partial charge on any atom is 0.416 e. The van der Waals surface area contributed by atoms with Gasteiger partial charge in [0.15, 0.2) is 5.78 Å². The molecule has 4 rings (SSSR count). The van der Waals surface area contributed by atoms with Crippen molar-refractivity contribution in [2.45, 2.75) is 13.1 Å². The van der Waals surface area contributed by atoms with Crippen molar-refractivity contribution < 1.29 is 31.6 Å². The van der Waals surface area contributed by atoms with E-state index in [0.717, 1.165) is 18.2 Å². The van der Waals surface area contributed by atoms with Crippen LogP contribution in [0.4, 0.5) is 18.9 Å². The molecule has 1 amide bonds. The Hall–Kier alpha value is -4.04. The lowest BCUT2D eigenvalue weighted by Crippen LogP contribution is -2.12. The minimum atomic E-state index is -4.52. The fourth-order valence-corrected chi connectivity index (χ4v) is 3.51. The number of halogens is 4. The van der Waals surface area contributed by atoms with Gasteiger partial charge in [0.2, 0.25) is 0 Å². The fourth-order valence-electron chi connectivity index (χ4n) is 3.30. The van der Waals surface area contributed by atoms with E-state index in [1.807, 2.05) is 0 Å². The standard InChI is InChI=1S/C26H17ClF3NO4/c1-15-20(11-12-34-15)25(33)31-18-4-2-3-16(13-18)23(32)9-6-19-7-10-24(35-19)21-14-17(26(28,29)30)5-8-22(21)27/h2-14H,1H3,(H,31,33)/b9-6+. The number of allylic oxidation sites excluding steroid dienone is 1. The maximum atomic E-state index is 13.0. The Labute approximate surface area is 202 Å². The van der Waals surface area contributed by atoms with Crippen LogP contribution in [0.15, 0.2) is 81.8 Å². The molecule has 0 aliphatic heterocycles. The van der Waals surface area contributed by atoms with Gasteiger partial charge >= 0.3 is 6.18 Å². The van der Waals surface area contributed by atoms with E-state index in [9.17, 15) is 22.8 Å². The van der Waals surface area contributed by atoms with E-state index in [1.165, 1.54) is 36.6 Å². The molecule has 0 aliphatic carbocycles. The molecule has 4 aromatic rings. The number of carbonyl (C=O) groups excluding carboxylic acids is 2. The van der Waals surface area contributed by atoms with Crippen molar-refractivity contribution in [1.29, 1.82) is 0 Å². The summed E-state index contributed by atoms with van der Waals surface area (Å²) in [5.41, 5.74) is 0.361. The van der Waals surface area contributed by atoms with Crippen LogP contribution in [0.3, 0.4) is 0 Å². The molecule has 178 valence electrons. The number of hydrogen-bond acceptors (Lipinski definition) is 4. The van der Waals surface area contributed by atoms with Gasteiger partial charge in [-0.25, -0.2) is 0 Å². The van der Waals surface area contributed by atoms with Crippen LogP contribution in [0.1, 0.15) is 37.8 Å². The van der Waals surface area contributed by atoms with Gasteiger partial charge in [-0.1, -0.05) is 23.7 Å². The molecule has 9 heteroatoms. The summed E-state index contributed by atoms with van der Waals surface area (Å²) in [6.45, 7) is 1.67. The molecular weight excluding hydrogens is 483 g/mol. The zero-order valence-corrected chi connectivity index (χ0v) is 18.9. The Morgan fingerprint density at radius 2 is 1.83 bits per heavy atom. The Balaban J connectivity index is 1.48. The van der Waals surface area contributed by atoms with Gasteiger partial charge in [-0.2, -0.15) is 13.2 Å². The van der Waals surface area contributed by atoms with Crippen molar-refractivity contribution in [2.75, 3.05) is 5.32 Å². The topological polar surface area (TPSA) is 72.5 Å². The van der Waals surface area contributed by atoms with Crippen LogP contribution in [0.25, 0.3) is 17.4 Å². The van der Waals surface area contributed by atoms with Crippen LogP contribution in [-0.2, 0) is 6.18 Å². The van der Waals surface area contributed by atoms with E-state index >= 15 is 0 Å². The molecule has 2 heterocycles. The van der Waals surface area contributed by atoms with Crippen LogP contribution >= 0.6 is 11.6 Å². The van der Waals surface area contributed by atoms with Gasteiger partial charge < -0.3 is 14.2 Å². The minimum Gasteiger partial charge on any atom is -0.469 e. The van der Waals surface area contributed by atoms with Gasteiger partial charge in [-0.3, -0.25) is 9.59 Å². The lowest BCUT2D eigenvalue weighted by Gasteiger charge is -2.09. The predicted molar refractivity (Wildman–Crippen MR) is 125 cm³/mol. The molecule has 1 N–H and O–H groups in total. The first-order chi connectivity index (χ1) is 16.6. The summed E-state index contributed by atoms with van der Waals surface area (Å²) in [5, 5.41) is 2.81. The molecule has 0 saturated heterocycles. The minimum absolute atomic E-state index is 0.0868. The summed E-state index contributed by atoms with van der Waals surface area (Å²) >= 11 is 6.06. The number of nitrogens with one attached hydrogen (secondary N) is 1. The Bertz CT molecular complexity index is 1430. The van der Waals surface area contributed by atoms with Gasteiger partial charge in [0, 0.05) is 16.8 Å². The van der Waals surface area contributed by atoms with Crippen molar-refractivity contribution in [3.8, 4) is 11.3 Å². The van der Waals surface area contributed by atoms with E-state index in [4.69, 9.17) is 20.4 Å². The highest BCUT2D eigenvalue weighted by Gasteiger charge is 2.31. The second-order valence-electron chi connectivity index (χ2n) is 7.52. The predicted octanol–water partition coefficient (Wildman–Crippen LogP) is 7.67. The zero-order valence-electron chi connectivity index (χ0n) is 18.2. The second-order valence-corrected chi connectivity index (χ2v) is 7.92. The van der Waals surface area contributed by atoms with Crippen LogP contribution in [-0.4, -0.2) is 11.7 Å². The first-order valence-corrected chi connectivity index (χ1v) is 10.6. The summed E-state index contributed by atoms with van der Waals surface area (Å²) in [5.74, 6) is 0.125. The number of amides is 1. The van der Waals surface area contributed by atoms with Gasteiger partial charge in [0.05, 0.1) is 22.4 Å². The number of furan rings is 2. The van der Waals surface area contributed by atoms with E-state index in [2.05, 4.69) is 5.32 Å². The first-order valence-electron chi connectivity index (χ1n) is 10.3. The highest BCUT2D eigenvalue weighted by Crippen LogP contribution is 2.36. The zero-order chi connectivity index (χ0) is 25.2. The molecule has 0 atom stereocenters. The number of aryl methyl sites for hydroxylation is 1. The molecule has 0 unspecified atom stereocenters. The third kappa shape index (κ3) is 5.55. The van der Waals surface area contributed by atoms with Crippen LogP contribution in [0.5, 0.6) is 0 Å². The Kier molecular flexibility index (Phi) is 6.66. The van der Waals surface area contributed by atoms with E-state index < -0.39 is 11.7 Å². The molecule has 5 nitrogen and oxygen atoms in total. The number of alkyl halides is 3. The van der Waals surface area contributed by atoms with E-state index in [0.29, 0.717) is 22.6 Å². The van der Waals surface area contributed by atoms with Gasteiger partial charge in [0.1, 0.15) is 17.3 Å². The summed E-state index contributed by atoms with van der Waals surface area (Å²) in [6, 6.07) is 13.9. The maximum absolute atomic E-state index is 13.0. The summed E-state index contributed by atoms with van der Waals surface area (Å²) < 4.78 is 49.8. The molecule has 0 spiro atoms. The Morgan fingerprint density at radius 3 is 2.54 bits per heavy atom. The molecule has 0 aliphatic rings. The SMILES string of the molecule is Cc1occc1C(=O)Nc1cccc(C(=O)/C=C/c2ccc(-c3cc(C(F)(F)F)ccc3Cl)o2)c1. The summed E-state index contributed by atoms with van der Waals surface area (Å²) in [6.07, 6.45) is -0.451. The molecule has 35 heavy (non-hydrogen) atoms. The molecule has 0 bridgehead atoms. The summed E-state index contributed by atoms with van der Waals surface area (Å²) in [7, 11) is 0. The lowest BCUT2D eigenvalue weighted by atomic mass is 10.1. The van der Waals surface area contributed by atoms with Crippen molar-refractivity contribution >= 4 is 35.1 Å². The fraction of sp³-hybridized carbons (Fsp3) is 0.0769. The largest absolute Gasteiger partial charge is 0.469 e. The smallest absolute Gasteiger partial charge is 0.416 e. The van der Waals surface area contributed by atoms with Crippen molar-refractivity contribution in [3.05, 3.63) is 106 Å². The van der Waals surface area contributed by atoms with Gasteiger partial charge in [-0.15, -0.1) is 0 Å². The van der Waals surface area contributed by atoms with Crippen LogP contribution in [0, 0.1) is 6.92 Å². The molecule has 2 aromatic heterocycles. The van der Waals surface area contributed by atoms with Crippen LogP contribution in [0.2, 0.25) is 5.02 Å². The monoisotopic (exact) mass is 499 g/mol. The molecule has 0 radical (unpaired) electrons.